The minimum atomic E-state index is -3.83. The van der Waals surface area contributed by atoms with E-state index < -0.39 is 112 Å². The number of carbonyl (C=O) groups excluding carboxylic acids is 5. The minimum absolute atomic E-state index is 0.0873. The summed E-state index contributed by atoms with van der Waals surface area (Å²) >= 11 is 41.2. The molecule has 0 radical (unpaired) electrons. The van der Waals surface area contributed by atoms with Crippen molar-refractivity contribution >= 4 is 273 Å². The summed E-state index contributed by atoms with van der Waals surface area (Å²) in [6, 6.07) is 49.1. The second-order valence-electron chi connectivity index (χ2n) is 36.5. The van der Waals surface area contributed by atoms with Crippen LogP contribution in [-0.4, -0.2) is 167 Å². The van der Waals surface area contributed by atoms with Crippen LogP contribution in [-0.2, 0) is 106 Å². The standard InChI is InChI=1S/C26H23Cl2NO4S.C21H20ClNO5S.C20H19BrClNO4S.C20H20ClNO5S.C19H18ClNO5S/c1-15(2)17-6-9-20-23(12-17)29(25-21(26(20)31)10-11-22(27)24(25)28)13-18(30)14-34(32,33)19-7-4-16(3)5-8-19;1-12-3-6-15-18(9-12)23(10-13(24)11-29(26,27)14-4-5-14)19-16(20(15)25)7-8-17(22)21(19)28-2;1-11(2)12-4-5-14-17(8-12)23(9-13(24)10-28(3,26)27)19-15(20(14)25)6-7-16(22)18(19)21;1-4-28(25,26)11-13(23)10-22-17-9-12(2)5-6-14(17)19(24)15-7-8-16(21)20(27-3)18(15)22;1-11-4-5-13-16(8-11)21(9-12(22)10-27(3,24)25)17-14(18(13)23)6-7-15(20)19(17)26-2/h4-12,15H,13-14H2,1-3H3;3,6-9,14H,4-5,10-11H2,1-2H3;4-8,11H,9-10H2,1-3H3;5-9H,4,10-11H2,1-3H3;4-8H,9-10H2,1-3H3. The number of aryl methyl sites for hydroxylation is 4. The molecule has 766 valence electrons. The smallest absolute Gasteiger partial charge is 0.197 e. The second kappa shape index (κ2) is 44.9. The van der Waals surface area contributed by atoms with Gasteiger partial charge in [-0.25, -0.2) is 42.1 Å². The molecule has 0 spiro atoms. The highest BCUT2D eigenvalue weighted by Gasteiger charge is 2.38. The number of ketones is 5. The van der Waals surface area contributed by atoms with E-state index in [1.807, 2.05) is 97.9 Å². The third kappa shape index (κ3) is 24.5. The average Bonchev–Trinajstić information content (AvgIpc) is 1.39. The number of hydrogen-bond donors (Lipinski definition) is 0. The Morgan fingerprint density at radius 1 is 0.342 bits per heavy atom. The lowest BCUT2D eigenvalue weighted by Gasteiger charge is -2.18. The molecular formula is C106H100BrCl6N5O23S5. The number of benzene rings is 11. The normalized spacial score (nSPS) is 12.5. The van der Waals surface area contributed by atoms with Gasteiger partial charge in [-0.05, 0) is 230 Å². The second-order valence-corrected chi connectivity index (χ2v) is 50.6. The molecule has 40 heteroatoms. The van der Waals surface area contributed by atoms with E-state index in [2.05, 4.69) is 15.9 Å². The Bertz CT molecular complexity index is 9140. The average molecular weight is 2260 g/mol. The molecule has 146 heavy (non-hydrogen) atoms. The van der Waals surface area contributed by atoms with Crippen LogP contribution in [0.5, 0.6) is 17.2 Å². The number of nitrogens with zero attached hydrogens (tertiary/aromatic N) is 5. The quantitative estimate of drug-likeness (QED) is 0.0411. The number of sulfone groups is 5. The SMILES string of the molecule is CC(C)c1ccc2c(=O)c3ccc(Cl)c(Br)c3n(CC(=O)CS(C)(=O)=O)c2c1.CCS(=O)(=O)CC(=O)Cn1c2cc(C)ccc2c(=O)c2ccc(Cl)c(OC)c21.COc1c(Cl)ccc2c(=O)c3ccc(C)cc3n(CC(=O)CS(=O)(=O)C3CC3)c12.COc1c(Cl)ccc2c(=O)c3ccc(C)cc3n(CC(=O)CS(C)(=O)=O)c12.Cc1ccc(S(=O)(=O)CC(=O)Cn2c3cc(C(C)C)ccc3c(=O)c3ccc(Cl)c(Cl)c32)cc1. The van der Waals surface area contributed by atoms with E-state index in [1.54, 1.807) is 138 Å². The maximum Gasteiger partial charge on any atom is 0.197 e. The molecule has 28 nitrogen and oxygen atoms in total. The molecule has 1 aliphatic carbocycles. The number of hydrogen-bond acceptors (Lipinski definition) is 23. The van der Waals surface area contributed by atoms with E-state index in [-0.39, 0.29) is 110 Å². The summed E-state index contributed by atoms with van der Waals surface area (Å²) in [6.07, 6.45) is 3.26. The van der Waals surface area contributed by atoms with Crippen molar-refractivity contribution in [2.45, 2.75) is 130 Å². The highest BCUT2D eigenvalue weighted by Crippen LogP contribution is 2.41. The number of methoxy groups -OCH3 is 3. The predicted octanol–water partition coefficient (Wildman–Crippen LogP) is 19.4. The summed E-state index contributed by atoms with van der Waals surface area (Å²) in [5.41, 5.74) is 9.21. The molecule has 16 aromatic rings. The van der Waals surface area contributed by atoms with Gasteiger partial charge in [0.05, 0.1) is 170 Å². The molecule has 1 fully saturated rings. The summed E-state index contributed by atoms with van der Waals surface area (Å²) in [5.74, 6) is -4.20. The zero-order chi connectivity index (χ0) is 107. The van der Waals surface area contributed by atoms with Crippen molar-refractivity contribution in [2.24, 2.45) is 0 Å². The van der Waals surface area contributed by atoms with Gasteiger partial charge in [-0.3, -0.25) is 47.9 Å². The van der Waals surface area contributed by atoms with Gasteiger partial charge in [-0.15, -0.1) is 0 Å². The van der Waals surface area contributed by atoms with Crippen LogP contribution in [0.3, 0.4) is 0 Å². The largest absolute Gasteiger partial charge is 0.493 e. The topological polar surface area (TPSA) is 394 Å². The van der Waals surface area contributed by atoms with E-state index in [9.17, 15) is 90.0 Å². The van der Waals surface area contributed by atoms with Crippen LogP contribution in [0, 0.1) is 27.7 Å². The van der Waals surface area contributed by atoms with Crippen LogP contribution < -0.4 is 41.4 Å². The zero-order valence-electron chi connectivity index (χ0n) is 81.5. The number of pyridine rings is 5. The lowest BCUT2D eigenvalue weighted by atomic mass is 10.00. The van der Waals surface area contributed by atoms with Crippen LogP contribution in [0.4, 0.5) is 0 Å². The van der Waals surface area contributed by atoms with E-state index in [0.717, 1.165) is 45.9 Å². The summed E-state index contributed by atoms with van der Waals surface area (Å²) < 4.78 is 145. The molecule has 0 amide bonds. The van der Waals surface area contributed by atoms with Gasteiger partial charge in [0, 0.05) is 56.0 Å². The molecule has 5 aromatic heterocycles. The van der Waals surface area contributed by atoms with Crippen LogP contribution in [0.2, 0.25) is 30.1 Å². The van der Waals surface area contributed by atoms with Gasteiger partial charge in [0.1, 0.15) is 28.8 Å². The van der Waals surface area contributed by atoms with Gasteiger partial charge in [0.25, 0.3) is 0 Å². The number of halogens is 7. The highest BCUT2D eigenvalue weighted by atomic mass is 79.9. The Balaban J connectivity index is 0.000000153. The van der Waals surface area contributed by atoms with E-state index in [0.29, 0.717) is 146 Å². The third-order valence-corrected chi connectivity index (χ3v) is 34.8. The maximum atomic E-state index is 13.2. The number of ether oxygens (including phenoxy) is 3. The molecule has 0 unspecified atom stereocenters. The van der Waals surface area contributed by atoms with E-state index in [4.69, 9.17) is 83.8 Å². The van der Waals surface area contributed by atoms with Gasteiger partial charge in [0.15, 0.2) is 122 Å². The van der Waals surface area contributed by atoms with Crippen molar-refractivity contribution in [3.8, 4) is 17.2 Å². The molecule has 5 heterocycles. The fraction of sp³-hybridized carbons (Fsp3) is 0.283. The molecule has 0 aliphatic heterocycles. The number of rotatable bonds is 28. The first-order valence-electron chi connectivity index (χ1n) is 45.4. The Kier molecular flexibility index (Phi) is 34.3. The van der Waals surface area contributed by atoms with E-state index in [1.165, 1.54) is 46.5 Å². The molecule has 1 saturated carbocycles. The first-order valence-corrected chi connectivity index (χ1v) is 57.8. The molecule has 1 aliphatic rings. The molecule has 0 atom stereocenters. The van der Waals surface area contributed by atoms with Crippen LogP contribution in [0.25, 0.3) is 109 Å². The molecule has 0 N–H and O–H groups in total. The maximum absolute atomic E-state index is 13.2. The van der Waals surface area contributed by atoms with Crippen molar-refractivity contribution in [1.82, 2.24) is 22.8 Å². The predicted molar refractivity (Wildman–Crippen MR) is 587 cm³/mol. The van der Waals surface area contributed by atoms with Crippen molar-refractivity contribution < 1.29 is 80.3 Å². The Labute approximate surface area is 878 Å². The monoisotopic (exact) mass is 2260 g/mol. The summed E-state index contributed by atoms with van der Waals surface area (Å²) in [6.45, 7) is 16.0. The van der Waals surface area contributed by atoms with Crippen LogP contribution in [0.1, 0.15) is 92.7 Å². The third-order valence-electron chi connectivity index (χ3n) is 24.6. The van der Waals surface area contributed by atoms with Gasteiger partial charge >= 0.3 is 0 Å². The summed E-state index contributed by atoms with van der Waals surface area (Å²) in [7, 11) is -13.4. The number of aromatic nitrogens is 5. The fourth-order valence-corrected chi connectivity index (χ4v) is 24.2. The molecule has 0 saturated heterocycles. The molecule has 0 bridgehead atoms. The van der Waals surface area contributed by atoms with Crippen molar-refractivity contribution in [3.63, 3.8) is 0 Å². The first kappa shape index (κ1) is 112. The zero-order valence-corrected chi connectivity index (χ0v) is 91.7. The Morgan fingerprint density at radius 2 is 0.616 bits per heavy atom. The van der Waals surface area contributed by atoms with Gasteiger partial charge in [-0.2, -0.15) is 0 Å². The summed E-state index contributed by atoms with van der Waals surface area (Å²) in [4.78, 5) is 129. The first-order chi connectivity index (χ1) is 68.5. The van der Waals surface area contributed by atoms with Crippen molar-refractivity contribution in [3.05, 3.63) is 295 Å². The number of fused-ring (bicyclic) bond motifs is 10. The van der Waals surface area contributed by atoms with Gasteiger partial charge in [0.2, 0.25) is 0 Å². The van der Waals surface area contributed by atoms with Crippen molar-refractivity contribution in [2.75, 3.05) is 68.4 Å². The van der Waals surface area contributed by atoms with Crippen molar-refractivity contribution in [1.29, 1.82) is 0 Å². The number of Topliss-reactive ketones (excluding diaryl/α,β-unsaturated/α-hetero) is 5. The highest BCUT2D eigenvalue weighted by molar-refractivity contribution is 9.10. The minimum Gasteiger partial charge on any atom is -0.493 e. The van der Waals surface area contributed by atoms with Gasteiger partial charge in [-0.1, -0.05) is 152 Å². The lowest BCUT2D eigenvalue weighted by molar-refractivity contribution is -0.118. The summed E-state index contributed by atoms with van der Waals surface area (Å²) in [5, 5.41) is 5.26. The van der Waals surface area contributed by atoms with E-state index >= 15 is 0 Å². The Morgan fingerprint density at radius 3 is 0.945 bits per heavy atom. The lowest BCUT2D eigenvalue weighted by Crippen LogP contribution is -2.24. The molecule has 17 rings (SSSR count). The van der Waals surface area contributed by atoms with Crippen LogP contribution >= 0.6 is 85.5 Å². The van der Waals surface area contributed by atoms with Crippen LogP contribution in [0.15, 0.2) is 209 Å². The van der Waals surface area contributed by atoms with Gasteiger partial charge < -0.3 is 37.0 Å². The fourth-order valence-electron chi connectivity index (χ4n) is 17.4. The molecule has 11 aromatic carbocycles. The Hall–Kier alpha value is -11.5. The molecular weight excluding hydrogens is 2160 g/mol. The number of carbonyl (C=O) groups is 5.